The van der Waals surface area contributed by atoms with E-state index in [0.717, 1.165) is 43.7 Å². The molecule has 1 amide bonds. The highest BCUT2D eigenvalue weighted by Crippen LogP contribution is 2.17. The molecule has 1 fully saturated rings. The van der Waals surface area contributed by atoms with Gasteiger partial charge in [-0.15, -0.1) is 0 Å². The van der Waals surface area contributed by atoms with Crippen LogP contribution >= 0.6 is 0 Å². The number of amides is 1. The molecule has 2 heterocycles. The average Bonchev–Trinajstić information content (AvgIpc) is 2.46. The lowest BCUT2D eigenvalue weighted by molar-refractivity contribution is 0.0663. The number of hydrogen-bond donors (Lipinski definition) is 0. The van der Waals surface area contributed by atoms with Crippen molar-refractivity contribution in [2.75, 3.05) is 33.2 Å². The van der Waals surface area contributed by atoms with Crippen molar-refractivity contribution in [1.29, 1.82) is 0 Å². The first-order valence-corrected chi connectivity index (χ1v) is 6.73. The summed E-state index contributed by atoms with van der Waals surface area (Å²) in [5.41, 5.74) is 2.64. The van der Waals surface area contributed by atoms with Gasteiger partial charge in [0.2, 0.25) is 0 Å². The van der Waals surface area contributed by atoms with Crippen molar-refractivity contribution in [2.45, 2.75) is 13.3 Å². The van der Waals surface area contributed by atoms with Gasteiger partial charge in [0.05, 0.1) is 5.56 Å². The largest absolute Gasteiger partial charge is 0.336 e. The normalized spacial score (nSPS) is 16.4. The third-order valence-corrected chi connectivity index (χ3v) is 3.61. The zero-order valence-corrected chi connectivity index (χ0v) is 11.7. The molecule has 1 aromatic heterocycles. The van der Waals surface area contributed by atoms with Crippen LogP contribution in [0.3, 0.4) is 0 Å². The second-order valence-electron chi connectivity index (χ2n) is 5.01. The van der Waals surface area contributed by atoms with E-state index in [1.54, 1.807) is 12.4 Å². The van der Waals surface area contributed by atoms with Crippen LogP contribution in [0.2, 0.25) is 0 Å². The summed E-state index contributed by atoms with van der Waals surface area (Å²) in [6.45, 7) is 9.48. The van der Waals surface area contributed by atoms with E-state index < -0.39 is 0 Å². The smallest absolute Gasteiger partial charge is 0.255 e. The summed E-state index contributed by atoms with van der Waals surface area (Å²) in [6, 6.07) is 1.90. The summed E-state index contributed by atoms with van der Waals surface area (Å²) in [5.74, 6) is 0.0753. The van der Waals surface area contributed by atoms with E-state index >= 15 is 0 Å². The summed E-state index contributed by atoms with van der Waals surface area (Å²) in [6.07, 6.45) is 4.29. The van der Waals surface area contributed by atoms with Crippen molar-refractivity contribution in [3.63, 3.8) is 0 Å². The highest BCUT2D eigenvalue weighted by Gasteiger charge is 2.20. The molecule has 1 saturated heterocycles. The van der Waals surface area contributed by atoms with E-state index in [1.165, 1.54) is 0 Å². The number of piperazine rings is 1. The van der Waals surface area contributed by atoms with Gasteiger partial charge in [-0.3, -0.25) is 9.78 Å². The molecule has 0 unspecified atom stereocenters. The van der Waals surface area contributed by atoms with Crippen molar-refractivity contribution >= 4 is 11.5 Å². The predicted molar refractivity (Wildman–Crippen MR) is 77.0 cm³/mol. The predicted octanol–water partition coefficient (Wildman–Crippen LogP) is 1.89. The Kier molecular flexibility index (Phi) is 4.32. The zero-order valence-electron chi connectivity index (χ0n) is 11.7. The Morgan fingerprint density at radius 2 is 1.89 bits per heavy atom. The topological polar surface area (TPSA) is 36.4 Å². The summed E-state index contributed by atoms with van der Waals surface area (Å²) < 4.78 is 0. The van der Waals surface area contributed by atoms with Crippen LogP contribution in [-0.4, -0.2) is 53.9 Å². The lowest BCUT2D eigenvalue weighted by atomic mass is 10.1. The molecule has 0 radical (unpaired) electrons. The number of allylic oxidation sites excluding steroid dienone is 1. The highest BCUT2D eigenvalue weighted by molar-refractivity contribution is 5.94. The highest BCUT2D eigenvalue weighted by atomic mass is 16.2. The first-order chi connectivity index (χ1) is 9.11. The molecule has 102 valence electrons. The number of carbonyl (C=O) groups is 1. The molecule has 1 aliphatic rings. The van der Waals surface area contributed by atoms with Gasteiger partial charge in [-0.2, -0.15) is 0 Å². The average molecular weight is 259 g/mol. The Morgan fingerprint density at radius 1 is 1.26 bits per heavy atom. The van der Waals surface area contributed by atoms with Crippen LogP contribution in [0.5, 0.6) is 0 Å². The van der Waals surface area contributed by atoms with E-state index in [2.05, 4.69) is 30.4 Å². The van der Waals surface area contributed by atoms with Gasteiger partial charge in [0.15, 0.2) is 0 Å². The number of pyridine rings is 1. The van der Waals surface area contributed by atoms with Gasteiger partial charge in [0.1, 0.15) is 0 Å². The molecule has 4 nitrogen and oxygen atoms in total. The lowest BCUT2D eigenvalue weighted by Crippen LogP contribution is -2.47. The van der Waals surface area contributed by atoms with Crippen molar-refractivity contribution in [3.05, 3.63) is 36.2 Å². The third kappa shape index (κ3) is 3.20. The van der Waals surface area contributed by atoms with Crippen molar-refractivity contribution in [2.24, 2.45) is 0 Å². The Morgan fingerprint density at radius 3 is 2.53 bits per heavy atom. The Labute approximate surface area is 114 Å². The molecule has 4 heteroatoms. The fourth-order valence-corrected chi connectivity index (χ4v) is 2.15. The number of nitrogens with zero attached hydrogens (tertiary/aromatic N) is 3. The Hall–Kier alpha value is -1.68. The molecule has 0 N–H and O–H groups in total. The molecule has 0 aliphatic carbocycles. The number of likely N-dealkylation sites (N-methyl/N-ethyl adjacent to an activating group) is 1. The monoisotopic (exact) mass is 259 g/mol. The van der Waals surface area contributed by atoms with E-state index in [4.69, 9.17) is 0 Å². The Balaban J connectivity index is 2.13. The number of aromatic nitrogens is 1. The first-order valence-electron chi connectivity index (χ1n) is 6.73. The molecule has 1 aromatic rings. The minimum Gasteiger partial charge on any atom is -0.336 e. The van der Waals surface area contributed by atoms with Crippen LogP contribution in [0.1, 0.15) is 29.3 Å². The molecule has 0 saturated carbocycles. The second-order valence-corrected chi connectivity index (χ2v) is 5.01. The quantitative estimate of drug-likeness (QED) is 0.831. The van der Waals surface area contributed by atoms with Gasteiger partial charge in [-0.25, -0.2) is 0 Å². The van der Waals surface area contributed by atoms with Gasteiger partial charge in [0.25, 0.3) is 5.91 Å². The van der Waals surface area contributed by atoms with E-state index in [1.807, 2.05) is 11.0 Å². The summed E-state index contributed by atoms with van der Waals surface area (Å²) in [4.78, 5) is 20.7. The summed E-state index contributed by atoms with van der Waals surface area (Å²) in [7, 11) is 2.08. The maximum Gasteiger partial charge on any atom is 0.255 e. The molecule has 2 rings (SSSR count). The SMILES string of the molecule is C=C(CC)c1cncc(C(=O)N2CCN(C)CC2)c1. The maximum absolute atomic E-state index is 12.4. The molecule has 0 bridgehead atoms. The minimum absolute atomic E-state index is 0.0753. The van der Waals surface area contributed by atoms with Crippen LogP contribution in [0.15, 0.2) is 25.0 Å². The zero-order chi connectivity index (χ0) is 13.8. The van der Waals surface area contributed by atoms with Crippen molar-refractivity contribution in [1.82, 2.24) is 14.8 Å². The lowest BCUT2D eigenvalue weighted by Gasteiger charge is -2.32. The van der Waals surface area contributed by atoms with Crippen LogP contribution < -0.4 is 0 Å². The minimum atomic E-state index is 0.0753. The van der Waals surface area contributed by atoms with Gasteiger partial charge in [-0.1, -0.05) is 13.5 Å². The maximum atomic E-state index is 12.4. The van der Waals surface area contributed by atoms with Gasteiger partial charge in [0, 0.05) is 38.6 Å². The molecular weight excluding hydrogens is 238 g/mol. The number of hydrogen-bond acceptors (Lipinski definition) is 3. The van der Waals surface area contributed by atoms with Gasteiger partial charge in [-0.05, 0) is 30.7 Å². The molecule has 0 aromatic carbocycles. The van der Waals surface area contributed by atoms with Gasteiger partial charge < -0.3 is 9.80 Å². The summed E-state index contributed by atoms with van der Waals surface area (Å²) in [5, 5.41) is 0. The van der Waals surface area contributed by atoms with Crippen LogP contribution in [0.4, 0.5) is 0 Å². The molecular formula is C15H21N3O. The molecule has 1 aliphatic heterocycles. The molecule has 19 heavy (non-hydrogen) atoms. The molecule has 0 atom stereocenters. The van der Waals surface area contributed by atoms with E-state index in [9.17, 15) is 4.79 Å². The van der Waals surface area contributed by atoms with Crippen molar-refractivity contribution in [3.8, 4) is 0 Å². The van der Waals surface area contributed by atoms with Crippen LogP contribution in [0, 0.1) is 0 Å². The molecule has 0 spiro atoms. The van der Waals surface area contributed by atoms with Crippen molar-refractivity contribution < 1.29 is 4.79 Å². The van der Waals surface area contributed by atoms with E-state index in [0.29, 0.717) is 5.56 Å². The third-order valence-electron chi connectivity index (χ3n) is 3.61. The standard InChI is InChI=1S/C15H21N3O/c1-4-12(2)13-9-14(11-16-10-13)15(19)18-7-5-17(3)6-8-18/h9-11H,2,4-8H2,1,3H3. The number of carbonyl (C=O) groups excluding carboxylic acids is 1. The van der Waals surface area contributed by atoms with E-state index in [-0.39, 0.29) is 5.91 Å². The fourth-order valence-electron chi connectivity index (χ4n) is 2.15. The van der Waals surface area contributed by atoms with Gasteiger partial charge >= 0.3 is 0 Å². The number of rotatable bonds is 3. The first kappa shape index (κ1) is 13.7. The second kappa shape index (κ2) is 5.97. The fraction of sp³-hybridized carbons (Fsp3) is 0.467. The van der Waals surface area contributed by atoms with Crippen LogP contribution in [0.25, 0.3) is 5.57 Å². The van der Waals surface area contributed by atoms with Crippen LogP contribution in [-0.2, 0) is 0 Å². The summed E-state index contributed by atoms with van der Waals surface area (Å²) >= 11 is 0. The Bertz CT molecular complexity index is 476.